The Kier molecular flexibility index (Phi) is 3.51. The van der Waals surface area contributed by atoms with E-state index in [9.17, 15) is 0 Å². The summed E-state index contributed by atoms with van der Waals surface area (Å²) in [5.41, 5.74) is 2.19. The van der Waals surface area contributed by atoms with E-state index in [1.165, 1.54) is 5.56 Å². The topological polar surface area (TPSA) is 37.0 Å². The van der Waals surface area contributed by atoms with Crippen LogP contribution < -0.4 is 10.1 Å². The van der Waals surface area contributed by atoms with Crippen LogP contribution in [0.25, 0.3) is 0 Å². The quantitative estimate of drug-likeness (QED) is 0.901. The normalized spacial score (nSPS) is 10.1. The van der Waals surface area contributed by atoms with Crippen LogP contribution >= 0.6 is 15.9 Å². The van der Waals surface area contributed by atoms with E-state index in [4.69, 9.17) is 4.74 Å². The van der Waals surface area contributed by atoms with Gasteiger partial charge in [-0.2, -0.15) is 0 Å². The summed E-state index contributed by atoms with van der Waals surface area (Å²) >= 11 is 3.44. The van der Waals surface area contributed by atoms with Gasteiger partial charge in [0.1, 0.15) is 5.75 Å². The van der Waals surface area contributed by atoms with Crippen molar-refractivity contribution in [2.24, 2.45) is 0 Å². The Morgan fingerprint density at radius 3 is 2.94 bits per heavy atom. The first-order valence-electron chi connectivity index (χ1n) is 4.98. The first-order chi connectivity index (χ1) is 7.79. The molecule has 1 heterocycles. The minimum Gasteiger partial charge on any atom is -0.495 e. The van der Waals surface area contributed by atoms with Crippen LogP contribution in [-0.4, -0.2) is 12.1 Å². The summed E-state index contributed by atoms with van der Waals surface area (Å²) in [7, 11) is 1.67. The lowest BCUT2D eigenvalue weighted by atomic mass is 10.2. The Labute approximate surface area is 103 Å². The molecule has 2 aromatic rings. The summed E-state index contributed by atoms with van der Waals surface area (Å²) in [4.78, 5) is 3.03. The average Bonchev–Trinajstić information content (AvgIpc) is 2.79. The minimum atomic E-state index is 0.774. The Balaban J connectivity index is 2.11. The third-order valence-electron chi connectivity index (χ3n) is 2.31. The van der Waals surface area contributed by atoms with Gasteiger partial charge in [0.15, 0.2) is 0 Å². The van der Waals surface area contributed by atoms with Crippen LogP contribution in [0.3, 0.4) is 0 Å². The molecule has 0 fully saturated rings. The number of H-pyrrole nitrogens is 1. The number of methoxy groups -OCH3 is 1. The zero-order valence-electron chi connectivity index (χ0n) is 8.96. The van der Waals surface area contributed by atoms with E-state index in [1.807, 2.05) is 36.7 Å². The molecule has 0 saturated carbocycles. The standard InChI is InChI=1S/C12H13BrN2O/c1-16-12-3-2-10(13)6-11(12)15-8-9-4-5-14-7-9/h2-7,14-15H,8H2,1H3. The van der Waals surface area contributed by atoms with Crippen LogP contribution in [0.2, 0.25) is 0 Å². The predicted octanol–water partition coefficient (Wildman–Crippen LogP) is 3.40. The third kappa shape index (κ3) is 2.58. The van der Waals surface area contributed by atoms with Gasteiger partial charge in [0.05, 0.1) is 12.8 Å². The van der Waals surface area contributed by atoms with Crippen molar-refractivity contribution in [1.29, 1.82) is 0 Å². The lowest BCUT2D eigenvalue weighted by Gasteiger charge is -2.10. The maximum absolute atomic E-state index is 5.28. The predicted molar refractivity (Wildman–Crippen MR) is 68.8 cm³/mol. The van der Waals surface area contributed by atoms with Gasteiger partial charge in [-0.1, -0.05) is 15.9 Å². The summed E-state index contributed by atoms with van der Waals surface area (Å²) < 4.78 is 6.31. The number of nitrogens with one attached hydrogen (secondary N) is 2. The van der Waals surface area contributed by atoms with Gasteiger partial charge >= 0.3 is 0 Å². The fourth-order valence-electron chi connectivity index (χ4n) is 1.48. The highest BCUT2D eigenvalue weighted by Gasteiger charge is 2.03. The molecule has 0 atom stereocenters. The van der Waals surface area contributed by atoms with E-state index in [2.05, 4.69) is 26.2 Å². The molecule has 0 aliphatic carbocycles. The van der Waals surface area contributed by atoms with Crippen LogP contribution in [0.15, 0.2) is 41.1 Å². The van der Waals surface area contributed by atoms with Gasteiger partial charge in [-0.15, -0.1) is 0 Å². The number of halogens is 1. The van der Waals surface area contributed by atoms with Gasteiger partial charge in [-0.25, -0.2) is 0 Å². The fraction of sp³-hybridized carbons (Fsp3) is 0.167. The van der Waals surface area contributed by atoms with Gasteiger partial charge in [-0.3, -0.25) is 0 Å². The SMILES string of the molecule is COc1ccc(Br)cc1NCc1cc[nH]c1. The Morgan fingerprint density at radius 1 is 1.38 bits per heavy atom. The van der Waals surface area contributed by atoms with Gasteiger partial charge < -0.3 is 15.0 Å². The number of hydrogen-bond acceptors (Lipinski definition) is 2. The van der Waals surface area contributed by atoms with Crippen LogP contribution in [0, 0.1) is 0 Å². The largest absolute Gasteiger partial charge is 0.495 e. The Hall–Kier alpha value is -1.42. The minimum absolute atomic E-state index is 0.774. The van der Waals surface area contributed by atoms with E-state index in [0.717, 1.165) is 22.5 Å². The molecule has 0 saturated heterocycles. The first kappa shape index (κ1) is 11.1. The number of rotatable bonds is 4. The molecule has 1 aromatic carbocycles. The zero-order chi connectivity index (χ0) is 11.4. The highest BCUT2D eigenvalue weighted by molar-refractivity contribution is 9.10. The molecule has 2 rings (SSSR count). The average molecular weight is 281 g/mol. The lowest BCUT2D eigenvalue weighted by Crippen LogP contribution is -2.00. The molecule has 16 heavy (non-hydrogen) atoms. The van der Waals surface area contributed by atoms with Crippen LogP contribution in [-0.2, 0) is 6.54 Å². The summed E-state index contributed by atoms with van der Waals surface area (Å²) in [5.74, 6) is 0.846. The highest BCUT2D eigenvalue weighted by Crippen LogP contribution is 2.28. The van der Waals surface area contributed by atoms with E-state index < -0.39 is 0 Å². The number of aromatic amines is 1. The monoisotopic (exact) mass is 280 g/mol. The van der Waals surface area contributed by atoms with Crippen LogP contribution in [0.1, 0.15) is 5.56 Å². The molecule has 4 heteroatoms. The molecule has 0 aliphatic heterocycles. The zero-order valence-corrected chi connectivity index (χ0v) is 10.5. The first-order valence-corrected chi connectivity index (χ1v) is 5.78. The molecule has 0 aliphatic rings. The van der Waals surface area contributed by atoms with Crippen molar-refractivity contribution in [2.45, 2.75) is 6.54 Å². The van der Waals surface area contributed by atoms with Crippen molar-refractivity contribution < 1.29 is 4.74 Å². The van der Waals surface area contributed by atoms with E-state index in [-0.39, 0.29) is 0 Å². The van der Waals surface area contributed by atoms with Crippen molar-refractivity contribution >= 4 is 21.6 Å². The van der Waals surface area contributed by atoms with Crippen LogP contribution in [0.4, 0.5) is 5.69 Å². The Bertz CT molecular complexity index is 454. The number of anilines is 1. The second kappa shape index (κ2) is 5.07. The number of hydrogen-bond donors (Lipinski definition) is 2. The van der Waals surface area contributed by atoms with Crippen molar-refractivity contribution in [2.75, 3.05) is 12.4 Å². The van der Waals surface area contributed by atoms with Gasteiger partial charge in [-0.05, 0) is 29.8 Å². The van der Waals surface area contributed by atoms with Crippen molar-refractivity contribution in [3.8, 4) is 5.75 Å². The molecule has 0 unspecified atom stereocenters. The molecular weight excluding hydrogens is 268 g/mol. The second-order valence-corrected chi connectivity index (χ2v) is 4.33. The molecule has 0 bridgehead atoms. The molecule has 2 N–H and O–H groups in total. The number of benzene rings is 1. The van der Waals surface area contributed by atoms with Gasteiger partial charge in [0.2, 0.25) is 0 Å². The van der Waals surface area contributed by atoms with Gasteiger partial charge in [0, 0.05) is 23.4 Å². The van der Waals surface area contributed by atoms with Gasteiger partial charge in [0.25, 0.3) is 0 Å². The molecule has 0 radical (unpaired) electrons. The van der Waals surface area contributed by atoms with Crippen LogP contribution in [0.5, 0.6) is 5.75 Å². The molecule has 1 aromatic heterocycles. The van der Waals surface area contributed by atoms with E-state index in [0.29, 0.717) is 0 Å². The van der Waals surface area contributed by atoms with E-state index in [1.54, 1.807) is 7.11 Å². The molecule has 84 valence electrons. The highest BCUT2D eigenvalue weighted by atomic mass is 79.9. The maximum atomic E-state index is 5.28. The molecular formula is C12H13BrN2O. The van der Waals surface area contributed by atoms with Crippen molar-refractivity contribution in [1.82, 2.24) is 4.98 Å². The smallest absolute Gasteiger partial charge is 0.142 e. The molecule has 3 nitrogen and oxygen atoms in total. The summed E-state index contributed by atoms with van der Waals surface area (Å²) in [6, 6.07) is 7.94. The summed E-state index contributed by atoms with van der Waals surface area (Å²) in [6.07, 6.45) is 3.88. The lowest BCUT2D eigenvalue weighted by molar-refractivity contribution is 0.416. The summed E-state index contributed by atoms with van der Waals surface area (Å²) in [6.45, 7) is 0.774. The number of ether oxygens (including phenoxy) is 1. The Morgan fingerprint density at radius 2 is 2.25 bits per heavy atom. The summed E-state index contributed by atoms with van der Waals surface area (Å²) in [5, 5.41) is 3.33. The molecule has 0 amide bonds. The second-order valence-electron chi connectivity index (χ2n) is 3.42. The molecule has 0 spiro atoms. The van der Waals surface area contributed by atoms with Crippen molar-refractivity contribution in [3.05, 3.63) is 46.7 Å². The maximum Gasteiger partial charge on any atom is 0.142 e. The number of aromatic nitrogens is 1. The van der Waals surface area contributed by atoms with Crippen molar-refractivity contribution in [3.63, 3.8) is 0 Å². The van der Waals surface area contributed by atoms with E-state index >= 15 is 0 Å². The fourth-order valence-corrected chi connectivity index (χ4v) is 1.85. The third-order valence-corrected chi connectivity index (χ3v) is 2.80.